The highest BCUT2D eigenvalue weighted by Gasteiger charge is 2.22. The molecule has 4 nitrogen and oxygen atoms in total. The number of aromatic nitrogens is 2. The third-order valence-corrected chi connectivity index (χ3v) is 2.87. The maximum absolute atomic E-state index is 13.7. The number of hydrogen-bond acceptors (Lipinski definition) is 3. The van der Waals surface area contributed by atoms with E-state index in [1.54, 1.807) is 0 Å². The van der Waals surface area contributed by atoms with Crippen LogP contribution >= 0.6 is 0 Å². The third-order valence-electron chi connectivity index (χ3n) is 2.87. The van der Waals surface area contributed by atoms with Gasteiger partial charge in [-0.3, -0.25) is 0 Å². The van der Waals surface area contributed by atoms with Gasteiger partial charge in [0.2, 0.25) is 0 Å². The Balaban J connectivity index is 2.55. The van der Waals surface area contributed by atoms with Crippen LogP contribution < -0.4 is 0 Å². The van der Waals surface area contributed by atoms with E-state index < -0.39 is 17.6 Å². The molecule has 0 fully saturated rings. The maximum Gasteiger partial charge on any atom is 0.358 e. The molecule has 0 radical (unpaired) electrons. The molecule has 0 unspecified atom stereocenters. The van der Waals surface area contributed by atoms with Gasteiger partial charge in [0.05, 0.1) is 18.4 Å². The molecule has 20 heavy (non-hydrogen) atoms. The third kappa shape index (κ3) is 2.54. The smallest absolute Gasteiger partial charge is 0.358 e. The van der Waals surface area contributed by atoms with Gasteiger partial charge in [0.15, 0.2) is 5.69 Å². The lowest BCUT2D eigenvalue weighted by Crippen LogP contribution is -2.06. The first kappa shape index (κ1) is 14.2. The van der Waals surface area contributed by atoms with E-state index in [0.717, 1.165) is 12.1 Å². The van der Waals surface area contributed by atoms with E-state index in [9.17, 15) is 13.6 Å². The first-order chi connectivity index (χ1) is 9.43. The number of carbonyl (C=O) groups is 1. The second-order valence-electron chi connectivity index (χ2n) is 4.62. The molecule has 1 aromatic carbocycles. The first-order valence-corrected chi connectivity index (χ1v) is 6.07. The monoisotopic (exact) mass is 280 g/mol. The van der Waals surface area contributed by atoms with Crippen LogP contribution in [-0.2, 0) is 4.74 Å². The fourth-order valence-corrected chi connectivity index (χ4v) is 1.87. The van der Waals surface area contributed by atoms with Crippen molar-refractivity contribution in [3.05, 3.63) is 41.2 Å². The summed E-state index contributed by atoms with van der Waals surface area (Å²) >= 11 is 0. The molecule has 6 heteroatoms. The van der Waals surface area contributed by atoms with Crippen molar-refractivity contribution < 1.29 is 18.3 Å². The van der Waals surface area contributed by atoms with Gasteiger partial charge < -0.3 is 9.72 Å². The van der Waals surface area contributed by atoms with Gasteiger partial charge in [-0.25, -0.2) is 18.6 Å². The molecule has 1 heterocycles. The SMILES string of the molecule is COC(=O)c1nc(-c2ccc(F)cc2F)[nH]c1C(C)C. The molecule has 106 valence electrons. The Labute approximate surface area is 114 Å². The van der Waals surface area contributed by atoms with Crippen molar-refractivity contribution in [3.63, 3.8) is 0 Å². The minimum atomic E-state index is -0.745. The molecule has 0 amide bonds. The summed E-state index contributed by atoms with van der Waals surface area (Å²) in [4.78, 5) is 18.6. The predicted octanol–water partition coefficient (Wildman–Crippen LogP) is 3.26. The summed E-state index contributed by atoms with van der Waals surface area (Å²) in [6, 6.07) is 3.17. The number of benzene rings is 1. The normalized spacial score (nSPS) is 10.9. The van der Waals surface area contributed by atoms with Crippen molar-refractivity contribution in [3.8, 4) is 11.4 Å². The highest BCUT2D eigenvalue weighted by atomic mass is 19.1. The van der Waals surface area contributed by atoms with Crippen LogP contribution in [0, 0.1) is 11.6 Å². The number of halogens is 2. The molecule has 2 rings (SSSR count). The second-order valence-corrected chi connectivity index (χ2v) is 4.62. The molecular formula is C14H14F2N2O2. The van der Waals surface area contributed by atoms with E-state index in [4.69, 9.17) is 0 Å². The Bertz CT molecular complexity index is 651. The van der Waals surface area contributed by atoms with Gasteiger partial charge in [0.1, 0.15) is 17.5 Å². The van der Waals surface area contributed by atoms with Gasteiger partial charge in [-0.05, 0) is 18.1 Å². The van der Waals surface area contributed by atoms with Gasteiger partial charge in [-0.2, -0.15) is 0 Å². The molecule has 0 saturated carbocycles. The topological polar surface area (TPSA) is 55.0 Å². The van der Waals surface area contributed by atoms with Crippen LogP contribution in [-0.4, -0.2) is 23.0 Å². The van der Waals surface area contributed by atoms with Crippen LogP contribution in [0.25, 0.3) is 11.4 Å². The lowest BCUT2D eigenvalue weighted by Gasteiger charge is -2.03. The van der Waals surface area contributed by atoms with Gasteiger partial charge in [-0.15, -0.1) is 0 Å². The van der Waals surface area contributed by atoms with Crippen molar-refractivity contribution in [2.75, 3.05) is 7.11 Å². The summed E-state index contributed by atoms with van der Waals surface area (Å²) in [6.45, 7) is 3.73. The predicted molar refractivity (Wildman–Crippen MR) is 69.4 cm³/mol. The fraction of sp³-hybridized carbons (Fsp3) is 0.286. The average molecular weight is 280 g/mol. The highest BCUT2D eigenvalue weighted by Crippen LogP contribution is 2.26. The minimum Gasteiger partial charge on any atom is -0.464 e. The summed E-state index contributed by atoms with van der Waals surface area (Å²) in [7, 11) is 1.25. The zero-order chi connectivity index (χ0) is 14.9. The number of imidazole rings is 1. The van der Waals surface area contributed by atoms with Crippen LogP contribution in [0.15, 0.2) is 18.2 Å². The van der Waals surface area contributed by atoms with Crippen molar-refractivity contribution in [2.45, 2.75) is 19.8 Å². The Morgan fingerprint density at radius 3 is 2.60 bits per heavy atom. The Kier molecular flexibility index (Phi) is 3.83. The standard InChI is InChI=1S/C14H14F2N2O2/c1-7(2)11-12(14(19)20-3)18-13(17-11)9-5-4-8(15)6-10(9)16/h4-7H,1-3H3,(H,17,18). The maximum atomic E-state index is 13.7. The van der Waals surface area contributed by atoms with Crippen molar-refractivity contribution in [1.82, 2.24) is 9.97 Å². The number of H-pyrrole nitrogens is 1. The van der Waals surface area contributed by atoms with E-state index in [2.05, 4.69) is 14.7 Å². The summed E-state index contributed by atoms with van der Waals surface area (Å²) in [6.07, 6.45) is 0. The molecule has 2 aromatic rings. The molecule has 0 aliphatic rings. The number of nitrogens with one attached hydrogen (secondary N) is 1. The van der Waals surface area contributed by atoms with Crippen LogP contribution in [0.4, 0.5) is 8.78 Å². The molecule has 1 aromatic heterocycles. The number of carbonyl (C=O) groups excluding carboxylic acids is 1. The number of esters is 1. The molecular weight excluding hydrogens is 266 g/mol. The number of hydrogen-bond donors (Lipinski definition) is 1. The van der Waals surface area contributed by atoms with Gasteiger partial charge in [-0.1, -0.05) is 13.8 Å². The van der Waals surface area contributed by atoms with Gasteiger partial charge >= 0.3 is 5.97 Å². The molecule has 1 N–H and O–H groups in total. The Hall–Kier alpha value is -2.24. The average Bonchev–Trinajstić information content (AvgIpc) is 2.82. The van der Waals surface area contributed by atoms with Crippen LogP contribution in [0.2, 0.25) is 0 Å². The van der Waals surface area contributed by atoms with Gasteiger partial charge in [0.25, 0.3) is 0 Å². The minimum absolute atomic E-state index is 0.0196. The van der Waals surface area contributed by atoms with Crippen LogP contribution in [0.5, 0.6) is 0 Å². The van der Waals surface area contributed by atoms with Gasteiger partial charge in [0, 0.05) is 6.07 Å². The highest BCUT2D eigenvalue weighted by molar-refractivity contribution is 5.89. The Morgan fingerprint density at radius 2 is 2.05 bits per heavy atom. The van der Waals surface area contributed by atoms with E-state index >= 15 is 0 Å². The summed E-state index contributed by atoms with van der Waals surface area (Å²) in [5, 5.41) is 0. The van der Waals surface area contributed by atoms with Crippen LogP contribution in [0.3, 0.4) is 0 Å². The Morgan fingerprint density at radius 1 is 1.35 bits per heavy atom. The molecule has 0 bridgehead atoms. The van der Waals surface area contributed by atoms with Crippen molar-refractivity contribution in [2.24, 2.45) is 0 Å². The molecule has 0 saturated heterocycles. The van der Waals surface area contributed by atoms with E-state index in [1.165, 1.54) is 13.2 Å². The lowest BCUT2D eigenvalue weighted by atomic mass is 10.1. The molecule has 0 aliphatic carbocycles. The largest absolute Gasteiger partial charge is 0.464 e. The van der Waals surface area contributed by atoms with Crippen molar-refractivity contribution in [1.29, 1.82) is 0 Å². The molecule has 0 aliphatic heterocycles. The lowest BCUT2D eigenvalue weighted by molar-refractivity contribution is 0.0593. The molecule has 0 atom stereocenters. The zero-order valence-electron chi connectivity index (χ0n) is 11.3. The zero-order valence-corrected chi connectivity index (χ0v) is 11.3. The molecule has 0 spiro atoms. The number of aromatic amines is 1. The van der Waals surface area contributed by atoms with E-state index in [1.807, 2.05) is 13.8 Å². The number of nitrogens with zero attached hydrogens (tertiary/aromatic N) is 1. The summed E-state index contributed by atoms with van der Waals surface area (Å²) < 4.78 is 31.3. The van der Waals surface area contributed by atoms with E-state index in [-0.39, 0.29) is 23.0 Å². The first-order valence-electron chi connectivity index (χ1n) is 6.07. The van der Waals surface area contributed by atoms with E-state index in [0.29, 0.717) is 5.69 Å². The fourth-order valence-electron chi connectivity index (χ4n) is 1.87. The van der Waals surface area contributed by atoms with Crippen molar-refractivity contribution >= 4 is 5.97 Å². The summed E-state index contributed by atoms with van der Waals surface area (Å²) in [5.74, 6) is -1.86. The second kappa shape index (κ2) is 5.40. The summed E-state index contributed by atoms with van der Waals surface area (Å²) in [5.41, 5.74) is 0.764. The quantitative estimate of drug-likeness (QED) is 0.878. The number of methoxy groups -OCH3 is 1. The number of ether oxygens (including phenoxy) is 1. The van der Waals surface area contributed by atoms with Crippen LogP contribution in [0.1, 0.15) is 35.9 Å². The number of rotatable bonds is 3.